The number of esters is 1. The number of imidazole rings is 1. The van der Waals surface area contributed by atoms with Gasteiger partial charge in [0.05, 0.1) is 14.2 Å². The Morgan fingerprint density at radius 1 is 1.33 bits per heavy atom. The second-order valence-corrected chi connectivity index (χ2v) is 4.61. The second-order valence-electron chi connectivity index (χ2n) is 4.61. The highest BCUT2D eigenvalue weighted by atomic mass is 16.6. The van der Waals surface area contributed by atoms with Crippen molar-refractivity contribution in [3.63, 3.8) is 0 Å². The van der Waals surface area contributed by atoms with Gasteiger partial charge in [-0.3, -0.25) is 4.57 Å². The molecule has 9 heteroatoms. The molecule has 0 aliphatic rings. The number of carbonyl (C=O) groups excluding carboxylic acids is 1. The second kappa shape index (κ2) is 7.27. The molecular weight excluding hydrogens is 318 g/mol. The molecule has 0 spiro atoms. The van der Waals surface area contributed by atoms with Crippen LogP contribution in [0.15, 0.2) is 30.6 Å². The lowest BCUT2D eigenvalue weighted by Gasteiger charge is -2.10. The lowest BCUT2D eigenvalue weighted by Crippen LogP contribution is -1.98. The van der Waals surface area contributed by atoms with E-state index >= 15 is 0 Å². The first-order valence-corrected chi connectivity index (χ1v) is 6.74. The molecule has 0 bridgehead atoms. The maximum absolute atomic E-state index is 11.1. The molecule has 0 saturated carbocycles. The Balaban J connectivity index is 2.32. The summed E-state index contributed by atoms with van der Waals surface area (Å²) in [5.41, 5.74) is 0.670. The minimum absolute atomic E-state index is 0.0175. The third kappa shape index (κ3) is 3.69. The van der Waals surface area contributed by atoms with Crippen molar-refractivity contribution < 1.29 is 23.9 Å². The topological polar surface area (TPSA) is 106 Å². The number of nitrogens with zero attached hydrogens (tertiary/aromatic N) is 3. The Bertz CT molecular complexity index is 797. The Kier molecular flexibility index (Phi) is 5.15. The summed E-state index contributed by atoms with van der Waals surface area (Å²) in [7, 11) is 4.30. The lowest BCUT2D eigenvalue weighted by molar-refractivity contribution is -0.390. The molecule has 24 heavy (non-hydrogen) atoms. The van der Waals surface area contributed by atoms with Gasteiger partial charge in [0.2, 0.25) is 6.33 Å². The molecule has 0 fully saturated rings. The van der Waals surface area contributed by atoms with Crippen LogP contribution in [0.25, 0.3) is 6.08 Å². The van der Waals surface area contributed by atoms with Crippen molar-refractivity contribution in [3.05, 3.63) is 46.3 Å². The zero-order valence-electron chi connectivity index (χ0n) is 13.3. The van der Waals surface area contributed by atoms with Gasteiger partial charge in [0.1, 0.15) is 0 Å². The van der Waals surface area contributed by atoms with Crippen molar-refractivity contribution in [2.45, 2.75) is 0 Å². The normalized spacial score (nSPS) is 10.6. The highest BCUT2D eigenvalue weighted by Gasteiger charge is 2.23. The predicted octanol–water partition coefficient (Wildman–Crippen LogP) is 2.32. The van der Waals surface area contributed by atoms with Crippen molar-refractivity contribution in [2.24, 2.45) is 7.05 Å². The number of benzene rings is 1. The number of carbonyl (C=O) groups is 1. The molecule has 1 aromatic heterocycles. The average Bonchev–Trinajstić information content (AvgIpc) is 2.94. The molecule has 1 heterocycles. The van der Waals surface area contributed by atoms with E-state index in [1.165, 1.54) is 31.2 Å². The van der Waals surface area contributed by atoms with E-state index in [9.17, 15) is 14.9 Å². The first kappa shape index (κ1) is 17.0. The van der Waals surface area contributed by atoms with Crippen LogP contribution in [0.2, 0.25) is 0 Å². The molecule has 0 N–H and O–H groups in total. The number of aryl methyl sites for hydroxylation is 1. The maximum Gasteiger partial charge on any atom is 0.427 e. The van der Waals surface area contributed by atoms with Crippen LogP contribution in [0, 0.1) is 10.1 Å². The molecule has 2 aromatic rings. The largest absolute Gasteiger partial charge is 0.493 e. The first-order valence-electron chi connectivity index (χ1n) is 6.74. The van der Waals surface area contributed by atoms with Crippen LogP contribution in [0.3, 0.4) is 0 Å². The minimum atomic E-state index is -0.630. The number of hydrogen-bond acceptors (Lipinski definition) is 7. The third-order valence-electron chi connectivity index (χ3n) is 3.05. The van der Waals surface area contributed by atoms with Gasteiger partial charge in [0, 0.05) is 13.1 Å². The average molecular weight is 333 g/mol. The number of ether oxygens (including phenoxy) is 3. The minimum Gasteiger partial charge on any atom is -0.493 e. The molecule has 0 atom stereocenters. The Hall–Kier alpha value is -3.36. The predicted molar refractivity (Wildman–Crippen MR) is 84.0 cm³/mol. The van der Waals surface area contributed by atoms with E-state index < -0.39 is 16.7 Å². The summed E-state index contributed by atoms with van der Waals surface area (Å²) >= 11 is 0. The molecule has 0 unspecified atom stereocenters. The number of rotatable bonds is 6. The van der Waals surface area contributed by atoms with Crippen LogP contribution >= 0.6 is 0 Å². The molecule has 0 aliphatic carbocycles. The summed E-state index contributed by atoms with van der Waals surface area (Å²) in [6, 6.07) is 4.86. The van der Waals surface area contributed by atoms with Crippen molar-refractivity contribution >= 4 is 17.9 Å². The van der Waals surface area contributed by atoms with Gasteiger partial charge in [0.15, 0.2) is 11.5 Å². The molecule has 0 radical (unpaired) electrons. The van der Waals surface area contributed by atoms with Gasteiger partial charge in [-0.25, -0.2) is 4.79 Å². The van der Waals surface area contributed by atoms with Gasteiger partial charge >= 0.3 is 17.7 Å². The fourth-order valence-electron chi connectivity index (χ4n) is 1.86. The van der Waals surface area contributed by atoms with Crippen molar-refractivity contribution in [1.82, 2.24) is 9.55 Å². The van der Waals surface area contributed by atoms with Gasteiger partial charge < -0.3 is 24.3 Å². The summed E-state index contributed by atoms with van der Waals surface area (Å²) in [6.45, 7) is 0. The number of hydrogen-bond donors (Lipinski definition) is 0. The molecule has 1 aromatic carbocycles. The Labute approximate surface area is 137 Å². The summed E-state index contributed by atoms with van der Waals surface area (Å²) in [5, 5.41) is 11.0. The van der Waals surface area contributed by atoms with E-state index in [2.05, 4.69) is 9.72 Å². The van der Waals surface area contributed by atoms with E-state index in [0.717, 1.165) is 0 Å². The monoisotopic (exact) mass is 333 g/mol. The van der Waals surface area contributed by atoms with Crippen LogP contribution in [-0.4, -0.2) is 34.7 Å². The van der Waals surface area contributed by atoms with E-state index in [4.69, 9.17) is 9.47 Å². The SMILES string of the molecule is COC(=O)/C=C/c1ccc(Oc2c([N+](=O)[O-])ncn2C)c(OC)c1. The van der Waals surface area contributed by atoms with Gasteiger partial charge in [-0.1, -0.05) is 6.07 Å². The lowest BCUT2D eigenvalue weighted by atomic mass is 10.2. The molecule has 9 nitrogen and oxygen atoms in total. The van der Waals surface area contributed by atoms with Gasteiger partial charge in [-0.05, 0) is 33.7 Å². The number of nitro groups is 1. The molecule has 0 amide bonds. The van der Waals surface area contributed by atoms with Crippen LogP contribution in [0.4, 0.5) is 5.82 Å². The van der Waals surface area contributed by atoms with Crippen molar-refractivity contribution in [3.8, 4) is 17.4 Å². The Morgan fingerprint density at radius 3 is 2.71 bits per heavy atom. The highest BCUT2D eigenvalue weighted by molar-refractivity contribution is 5.87. The quantitative estimate of drug-likeness (QED) is 0.345. The fraction of sp³-hybridized carbons (Fsp3) is 0.200. The third-order valence-corrected chi connectivity index (χ3v) is 3.05. The zero-order chi connectivity index (χ0) is 17.7. The van der Waals surface area contributed by atoms with Crippen molar-refractivity contribution in [1.29, 1.82) is 0 Å². The van der Waals surface area contributed by atoms with Crippen LogP contribution < -0.4 is 9.47 Å². The molecule has 0 saturated heterocycles. The van der Waals surface area contributed by atoms with Crippen LogP contribution in [-0.2, 0) is 16.6 Å². The highest BCUT2D eigenvalue weighted by Crippen LogP contribution is 2.35. The summed E-state index contributed by atoms with van der Waals surface area (Å²) < 4.78 is 16.7. The summed E-state index contributed by atoms with van der Waals surface area (Å²) in [4.78, 5) is 25.1. The van der Waals surface area contributed by atoms with E-state index in [-0.39, 0.29) is 11.6 Å². The zero-order valence-corrected chi connectivity index (χ0v) is 13.3. The summed E-state index contributed by atoms with van der Waals surface area (Å²) in [5.74, 6) is -0.276. The van der Waals surface area contributed by atoms with Gasteiger partial charge in [0.25, 0.3) is 0 Å². The van der Waals surface area contributed by atoms with Crippen LogP contribution in [0.1, 0.15) is 5.56 Å². The fourth-order valence-corrected chi connectivity index (χ4v) is 1.86. The van der Waals surface area contributed by atoms with E-state index in [1.807, 2.05) is 0 Å². The first-order chi connectivity index (χ1) is 11.5. The van der Waals surface area contributed by atoms with Crippen LogP contribution in [0.5, 0.6) is 17.4 Å². The summed E-state index contributed by atoms with van der Waals surface area (Å²) in [6.07, 6.45) is 4.10. The molecule has 0 aliphatic heterocycles. The van der Waals surface area contributed by atoms with Gasteiger partial charge in [-0.2, -0.15) is 0 Å². The molecule has 2 rings (SSSR count). The van der Waals surface area contributed by atoms with E-state index in [0.29, 0.717) is 11.3 Å². The van der Waals surface area contributed by atoms with E-state index in [1.54, 1.807) is 31.3 Å². The van der Waals surface area contributed by atoms with Crippen molar-refractivity contribution in [2.75, 3.05) is 14.2 Å². The standard InChI is InChI=1S/C15H15N3O6/c1-17-9-16-14(18(20)21)15(17)24-11-6-4-10(8-12(11)22-2)5-7-13(19)23-3/h4-9H,1-3H3/b7-5+. The Morgan fingerprint density at radius 2 is 2.08 bits per heavy atom. The maximum atomic E-state index is 11.1. The number of aromatic nitrogens is 2. The smallest absolute Gasteiger partial charge is 0.427 e. The molecule has 126 valence electrons. The van der Waals surface area contributed by atoms with Gasteiger partial charge in [-0.15, -0.1) is 0 Å². The number of methoxy groups -OCH3 is 2. The molecular formula is C15H15N3O6.